The molecule has 0 unspecified atom stereocenters. The highest BCUT2D eigenvalue weighted by atomic mass is 35.5. The molecule has 2 rings (SSSR count). The van der Waals surface area contributed by atoms with Crippen molar-refractivity contribution in [1.82, 2.24) is 4.90 Å². The summed E-state index contributed by atoms with van der Waals surface area (Å²) in [5, 5.41) is 0. The van der Waals surface area contributed by atoms with Crippen molar-refractivity contribution in [3.8, 4) is 17.2 Å². The van der Waals surface area contributed by atoms with Gasteiger partial charge in [-0.1, -0.05) is 0 Å². The molecule has 1 aromatic carbocycles. The van der Waals surface area contributed by atoms with Crippen molar-refractivity contribution in [3.63, 3.8) is 0 Å². The van der Waals surface area contributed by atoms with Crippen molar-refractivity contribution in [2.75, 3.05) is 40.5 Å². The van der Waals surface area contributed by atoms with Gasteiger partial charge in [-0.05, 0) is 37.9 Å². The smallest absolute Gasteiger partial charge is 0.387 e. The van der Waals surface area contributed by atoms with Crippen molar-refractivity contribution < 1.29 is 32.5 Å². The van der Waals surface area contributed by atoms with Crippen LogP contribution in [0.1, 0.15) is 29.6 Å². The largest absolute Gasteiger partial charge is 0.493 e. The molecule has 1 heterocycles. The number of nitrogens with two attached hydrogens (primary N) is 1. The summed E-state index contributed by atoms with van der Waals surface area (Å²) in [5.41, 5.74) is 5.74. The van der Waals surface area contributed by atoms with E-state index in [1.54, 1.807) is 4.90 Å². The van der Waals surface area contributed by atoms with E-state index in [0.717, 1.165) is 19.3 Å². The number of piperidine rings is 1. The molecule has 10 heteroatoms. The van der Waals surface area contributed by atoms with Gasteiger partial charge in [0.2, 0.25) is 5.75 Å². The van der Waals surface area contributed by atoms with Crippen molar-refractivity contribution in [2.45, 2.75) is 32.0 Å². The molecule has 0 bridgehead atoms. The van der Waals surface area contributed by atoms with Gasteiger partial charge in [-0.25, -0.2) is 0 Å². The molecule has 1 saturated heterocycles. The lowest BCUT2D eigenvalue weighted by molar-refractivity contribution is -0.0526. The molecule has 0 aromatic heterocycles. The van der Waals surface area contributed by atoms with E-state index < -0.39 is 6.61 Å². The van der Waals surface area contributed by atoms with Crippen LogP contribution in [0.5, 0.6) is 17.2 Å². The molecule has 0 saturated carbocycles. The third-order valence-corrected chi connectivity index (χ3v) is 4.35. The number of ether oxygens (including phenoxy) is 4. The number of alkyl halides is 2. The van der Waals surface area contributed by atoms with Gasteiger partial charge >= 0.3 is 6.61 Å². The minimum atomic E-state index is -3.03. The first kappa shape index (κ1) is 24.2. The molecule has 1 amide bonds. The zero-order valence-electron chi connectivity index (χ0n) is 16.0. The molecule has 0 spiro atoms. The molecular formula is C18H27ClF2N2O5. The van der Waals surface area contributed by atoms with Crippen LogP contribution in [0.15, 0.2) is 12.1 Å². The van der Waals surface area contributed by atoms with Crippen LogP contribution in [-0.2, 0) is 4.74 Å². The quantitative estimate of drug-likeness (QED) is 0.614. The van der Waals surface area contributed by atoms with Crippen LogP contribution in [0.2, 0.25) is 0 Å². The fourth-order valence-electron chi connectivity index (χ4n) is 2.95. The standard InChI is InChI=1S/C18H26F2N2O5.ClH/c1-24-14-10-12(11-15(25-2)16(14)27-18(19)20)17(23)22-7-4-13(5-8-22)26-9-3-6-21;/h10-11,13,18H,3-9,21H2,1-2H3;1H. The molecule has 7 nitrogen and oxygen atoms in total. The van der Waals surface area contributed by atoms with Crippen molar-refractivity contribution in [1.29, 1.82) is 0 Å². The Hall–Kier alpha value is -1.84. The van der Waals surface area contributed by atoms with Gasteiger partial charge in [0.1, 0.15) is 0 Å². The SMILES string of the molecule is COc1cc(C(=O)N2CCC(OCCCN)CC2)cc(OC)c1OC(F)F.Cl. The Labute approximate surface area is 169 Å². The summed E-state index contributed by atoms with van der Waals surface area (Å²) in [7, 11) is 2.62. The highest BCUT2D eigenvalue weighted by molar-refractivity contribution is 5.95. The first-order valence-corrected chi connectivity index (χ1v) is 8.82. The number of carbonyl (C=O) groups excluding carboxylic acids is 1. The maximum absolute atomic E-state index is 12.8. The van der Waals surface area contributed by atoms with E-state index in [1.165, 1.54) is 26.4 Å². The van der Waals surface area contributed by atoms with Crippen LogP contribution in [0.25, 0.3) is 0 Å². The van der Waals surface area contributed by atoms with Gasteiger partial charge in [-0.3, -0.25) is 4.79 Å². The van der Waals surface area contributed by atoms with E-state index in [0.29, 0.717) is 26.2 Å². The fraction of sp³-hybridized carbons (Fsp3) is 0.611. The Morgan fingerprint density at radius 2 is 1.79 bits per heavy atom. The molecule has 0 aliphatic carbocycles. The Morgan fingerprint density at radius 1 is 1.21 bits per heavy atom. The maximum Gasteiger partial charge on any atom is 0.387 e. The zero-order chi connectivity index (χ0) is 19.8. The van der Waals surface area contributed by atoms with Crippen molar-refractivity contribution in [3.05, 3.63) is 17.7 Å². The average Bonchev–Trinajstić information content (AvgIpc) is 2.67. The number of amides is 1. The molecule has 160 valence electrons. The number of hydrogen-bond donors (Lipinski definition) is 1. The van der Waals surface area contributed by atoms with Gasteiger partial charge < -0.3 is 29.6 Å². The minimum Gasteiger partial charge on any atom is -0.493 e. The lowest BCUT2D eigenvalue weighted by Gasteiger charge is -2.32. The summed E-state index contributed by atoms with van der Waals surface area (Å²) < 4.78 is 45.6. The van der Waals surface area contributed by atoms with Gasteiger partial charge in [0.05, 0.1) is 20.3 Å². The van der Waals surface area contributed by atoms with Crippen molar-refractivity contribution >= 4 is 18.3 Å². The van der Waals surface area contributed by atoms with Crippen LogP contribution < -0.4 is 19.9 Å². The summed E-state index contributed by atoms with van der Waals surface area (Å²) >= 11 is 0. The Balaban J connectivity index is 0.00000392. The number of likely N-dealkylation sites (tertiary alicyclic amines) is 1. The number of benzene rings is 1. The minimum absolute atomic E-state index is 0. The van der Waals surface area contributed by atoms with E-state index in [-0.39, 0.29) is 47.2 Å². The number of nitrogens with zero attached hydrogens (tertiary/aromatic N) is 1. The number of halogens is 3. The molecule has 1 aromatic rings. The second-order valence-corrected chi connectivity index (χ2v) is 6.09. The van der Waals surface area contributed by atoms with E-state index in [4.69, 9.17) is 19.9 Å². The van der Waals surface area contributed by atoms with Crippen LogP contribution in [0.3, 0.4) is 0 Å². The zero-order valence-corrected chi connectivity index (χ0v) is 16.8. The molecule has 1 aliphatic heterocycles. The van der Waals surface area contributed by atoms with E-state index >= 15 is 0 Å². The number of rotatable bonds is 9. The van der Waals surface area contributed by atoms with E-state index in [9.17, 15) is 13.6 Å². The van der Waals surface area contributed by atoms with E-state index in [2.05, 4.69) is 4.74 Å². The van der Waals surface area contributed by atoms with Crippen LogP contribution in [-0.4, -0.2) is 64.0 Å². The second-order valence-electron chi connectivity index (χ2n) is 6.09. The molecule has 28 heavy (non-hydrogen) atoms. The summed E-state index contributed by atoms with van der Waals surface area (Å²) in [6.07, 6.45) is 2.39. The predicted octanol–water partition coefficient (Wildman–Crippen LogP) is 2.70. The summed E-state index contributed by atoms with van der Waals surface area (Å²) in [5.74, 6) is -0.440. The highest BCUT2D eigenvalue weighted by Crippen LogP contribution is 2.40. The highest BCUT2D eigenvalue weighted by Gasteiger charge is 2.26. The number of methoxy groups -OCH3 is 2. The van der Waals surface area contributed by atoms with Gasteiger partial charge in [-0.2, -0.15) is 8.78 Å². The summed E-state index contributed by atoms with van der Waals surface area (Å²) in [6.45, 7) is -0.730. The van der Waals surface area contributed by atoms with Gasteiger partial charge in [0.25, 0.3) is 5.91 Å². The Kier molecular flexibility index (Phi) is 10.3. The van der Waals surface area contributed by atoms with Gasteiger partial charge in [0, 0.05) is 25.3 Å². The molecule has 1 fully saturated rings. The molecular weight excluding hydrogens is 398 g/mol. The lowest BCUT2D eigenvalue weighted by Crippen LogP contribution is -2.41. The summed E-state index contributed by atoms with van der Waals surface area (Å²) in [4.78, 5) is 14.5. The Morgan fingerprint density at radius 3 is 2.25 bits per heavy atom. The normalized spacial score (nSPS) is 14.6. The third-order valence-electron chi connectivity index (χ3n) is 4.35. The second kappa shape index (κ2) is 11.9. The van der Waals surface area contributed by atoms with Gasteiger partial charge in [0.15, 0.2) is 11.5 Å². The first-order valence-electron chi connectivity index (χ1n) is 8.82. The molecule has 0 atom stereocenters. The molecule has 0 radical (unpaired) electrons. The fourth-order valence-corrected chi connectivity index (χ4v) is 2.95. The van der Waals surface area contributed by atoms with E-state index in [1.807, 2.05) is 0 Å². The monoisotopic (exact) mass is 424 g/mol. The molecule has 1 aliphatic rings. The molecule has 2 N–H and O–H groups in total. The topological polar surface area (TPSA) is 83.2 Å². The third kappa shape index (κ3) is 6.35. The van der Waals surface area contributed by atoms with Crippen molar-refractivity contribution in [2.24, 2.45) is 5.73 Å². The lowest BCUT2D eigenvalue weighted by atomic mass is 10.1. The number of carbonyl (C=O) groups is 1. The van der Waals surface area contributed by atoms with Crippen LogP contribution >= 0.6 is 12.4 Å². The summed E-state index contributed by atoms with van der Waals surface area (Å²) in [6, 6.07) is 2.76. The first-order chi connectivity index (χ1) is 13.0. The van der Waals surface area contributed by atoms with Crippen LogP contribution in [0.4, 0.5) is 8.78 Å². The Bertz CT molecular complexity index is 603. The number of hydrogen-bond acceptors (Lipinski definition) is 6. The van der Waals surface area contributed by atoms with Gasteiger partial charge in [-0.15, -0.1) is 12.4 Å². The maximum atomic E-state index is 12.8. The predicted molar refractivity (Wildman–Crippen MR) is 102 cm³/mol. The average molecular weight is 425 g/mol. The van der Waals surface area contributed by atoms with Crippen LogP contribution in [0, 0.1) is 0 Å².